The Morgan fingerprint density at radius 2 is 1.47 bits per heavy atom. The van der Waals surface area contributed by atoms with Gasteiger partial charge in [0.25, 0.3) is 0 Å². The van der Waals surface area contributed by atoms with Crippen molar-refractivity contribution in [2.24, 2.45) is 5.73 Å². The Labute approximate surface area is 93.0 Å². The Balaban J connectivity index is 1.99. The van der Waals surface area contributed by atoms with Gasteiger partial charge in [0.1, 0.15) is 0 Å². The lowest BCUT2D eigenvalue weighted by Crippen LogP contribution is -2.47. The summed E-state index contributed by atoms with van der Waals surface area (Å²) in [7, 11) is 0. The van der Waals surface area contributed by atoms with Crippen LogP contribution in [0.4, 0.5) is 0 Å². The highest BCUT2D eigenvalue weighted by Crippen LogP contribution is 2.03. The molecule has 1 rings (SSSR count). The molecule has 0 spiro atoms. The second kappa shape index (κ2) is 8.05. The third kappa shape index (κ3) is 5.47. The summed E-state index contributed by atoms with van der Waals surface area (Å²) < 4.78 is 0. The topological polar surface area (TPSA) is 52.7 Å². The van der Waals surface area contributed by atoms with Crippen LogP contribution in [0.2, 0.25) is 0 Å². The lowest BCUT2D eigenvalue weighted by atomic mass is 10.2. The fourth-order valence-electron chi connectivity index (χ4n) is 2.03. The molecule has 0 saturated carbocycles. The third-order valence-corrected chi connectivity index (χ3v) is 3.06. The van der Waals surface area contributed by atoms with E-state index in [-0.39, 0.29) is 6.61 Å². The molecule has 0 atom stereocenters. The predicted octanol–water partition coefficient (Wildman–Crippen LogP) is -0.275. The fourth-order valence-corrected chi connectivity index (χ4v) is 2.03. The molecule has 15 heavy (non-hydrogen) atoms. The molecule has 0 amide bonds. The Morgan fingerprint density at radius 1 is 0.867 bits per heavy atom. The molecule has 1 saturated heterocycles. The first-order valence-corrected chi connectivity index (χ1v) is 6.12. The van der Waals surface area contributed by atoms with E-state index in [4.69, 9.17) is 10.8 Å². The van der Waals surface area contributed by atoms with Crippen molar-refractivity contribution >= 4 is 0 Å². The monoisotopic (exact) mass is 215 g/mol. The lowest BCUT2D eigenvalue weighted by molar-refractivity contribution is 0.111. The molecule has 0 aliphatic carbocycles. The number of nitrogens with zero attached hydrogens (tertiary/aromatic N) is 2. The van der Waals surface area contributed by atoms with Crippen molar-refractivity contribution in [2.75, 3.05) is 52.4 Å². The minimum Gasteiger partial charge on any atom is -0.395 e. The third-order valence-electron chi connectivity index (χ3n) is 3.06. The van der Waals surface area contributed by atoms with Crippen molar-refractivity contribution in [3.63, 3.8) is 0 Å². The van der Waals surface area contributed by atoms with E-state index in [1.807, 2.05) is 0 Å². The van der Waals surface area contributed by atoms with Crippen LogP contribution in [0.15, 0.2) is 0 Å². The summed E-state index contributed by atoms with van der Waals surface area (Å²) in [5.41, 5.74) is 5.46. The van der Waals surface area contributed by atoms with Crippen LogP contribution in [0.1, 0.15) is 19.3 Å². The van der Waals surface area contributed by atoms with E-state index in [9.17, 15) is 0 Å². The first kappa shape index (κ1) is 12.9. The summed E-state index contributed by atoms with van der Waals surface area (Å²) >= 11 is 0. The van der Waals surface area contributed by atoms with E-state index in [1.165, 1.54) is 19.4 Å². The highest BCUT2D eigenvalue weighted by molar-refractivity contribution is 4.71. The van der Waals surface area contributed by atoms with Gasteiger partial charge in [-0.25, -0.2) is 0 Å². The molecule has 1 aliphatic rings. The van der Waals surface area contributed by atoms with E-state index >= 15 is 0 Å². The number of aliphatic hydroxyl groups is 1. The highest BCUT2D eigenvalue weighted by atomic mass is 16.3. The molecule has 90 valence electrons. The molecule has 0 unspecified atom stereocenters. The van der Waals surface area contributed by atoms with Crippen molar-refractivity contribution in [1.82, 2.24) is 9.80 Å². The number of hydrogen-bond donors (Lipinski definition) is 2. The second-order valence-corrected chi connectivity index (χ2v) is 4.26. The molecule has 3 N–H and O–H groups in total. The number of aliphatic hydroxyl groups excluding tert-OH is 1. The maximum Gasteiger partial charge on any atom is 0.0558 e. The molecule has 1 heterocycles. The number of piperazine rings is 1. The molecule has 0 aromatic heterocycles. The molecule has 4 heteroatoms. The van der Waals surface area contributed by atoms with Crippen LogP contribution in [-0.2, 0) is 0 Å². The number of nitrogens with two attached hydrogens (primary N) is 1. The van der Waals surface area contributed by atoms with Crippen molar-refractivity contribution < 1.29 is 5.11 Å². The maximum atomic E-state index is 8.82. The van der Waals surface area contributed by atoms with Gasteiger partial charge in [0.15, 0.2) is 0 Å². The van der Waals surface area contributed by atoms with E-state index in [0.717, 1.165) is 45.7 Å². The van der Waals surface area contributed by atoms with Crippen molar-refractivity contribution in [1.29, 1.82) is 0 Å². The predicted molar refractivity (Wildman–Crippen MR) is 62.9 cm³/mol. The molecule has 1 fully saturated rings. The zero-order valence-electron chi connectivity index (χ0n) is 9.70. The first-order valence-electron chi connectivity index (χ1n) is 6.12. The molecule has 0 aromatic carbocycles. The van der Waals surface area contributed by atoms with Crippen LogP contribution >= 0.6 is 0 Å². The minimum atomic E-state index is 0.288. The molecular weight excluding hydrogens is 190 g/mol. The van der Waals surface area contributed by atoms with Crippen LogP contribution in [0.25, 0.3) is 0 Å². The smallest absolute Gasteiger partial charge is 0.0558 e. The van der Waals surface area contributed by atoms with Gasteiger partial charge in [-0.2, -0.15) is 0 Å². The SMILES string of the molecule is NCCCCCN1CCN(CCO)CC1. The van der Waals surface area contributed by atoms with Gasteiger partial charge < -0.3 is 15.7 Å². The molecule has 0 aromatic rings. The quantitative estimate of drug-likeness (QED) is 0.574. The lowest BCUT2D eigenvalue weighted by Gasteiger charge is -2.34. The van der Waals surface area contributed by atoms with Crippen LogP contribution in [-0.4, -0.2) is 67.3 Å². The zero-order valence-corrected chi connectivity index (χ0v) is 9.70. The largest absolute Gasteiger partial charge is 0.395 e. The summed E-state index contributed by atoms with van der Waals surface area (Å²) in [6, 6.07) is 0. The number of hydrogen-bond acceptors (Lipinski definition) is 4. The van der Waals surface area contributed by atoms with Gasteiger partial charge in [0, 0.05) is 32.7 Å². The van der Waals surface area contributed by atoms with Crippen molar-refractivity contribution in [3.8, 4) is 0 Å². The van der Waals surface area contributed by atoms with Crippen LogP contribution < -0.4 is 5.73 Å². The van der Waals surface area contributed by atoms with E-state index in [0.29, 0.717) is 0 Å². The molecular formula is C11H25N3O. The fraction of sp³-hybridized carbons (Fsp3) is 1.00. The molecule has 1 aliphatic heterocycles. The normalized spacial score (nSPS) is 19.6. The van der Waals surface area contributed by atoms with E-state index < -0.39 is 0 Å². The number of unbranched alkanes of at least 4 members (excludes halogenated alkanes) is 2. The highest BCUT2D eigenvalue weighted by Gasteiger charge is 2.15. The summed E-state index contributed by atoms with van der Waals surface area (Å²) in [6.07, 6.45) is 3.69. The van der Waals surface area contributed by atoms with Crippen LogP contribution in [0, 0.1) is 0 Å². The van der Waals surface area contributed by atoms with Gasteiger partial charge in [-0.1, -0.05) is 6.42 Å². The Hall–Kier alpha value is -0.160. The van der Waals surface area contributed by atoms with Gasteiger partial charge >= 0.3 is 0 Å². The van der Waals surface area contributed by atoms with Gasteiger partial charge in [-0.15, -0.1) is 0 Å². The Kier molecular flexibility index (Phi) is 6.92. The van der Waals surface area contributed by atoms with Crippen LogP contribution in [0.3, 0.4) is 0 Å². The first-order chi connectivity index (χ1) is 7.36. The average molecular weight is 215 g/mol. The van der Waals surface area contributed by atoms with E-state index in [2.05, 4.69) is 9.80 Å². The Morgan fingerprint density at radius 3 is 2.00 bits per heavy atom. The number of β-amino-alcohol motifs (C(OH)–C–C–N with tert-alkyl or cyclic N) is 1. The average Bonchev–Trinajstić information content (AvgIpc) is 2.27. The summed E-state index contributed by atoms with van der Waals surface area (Å²) in [4.78, 5) is 4.85. The number of rotatable bonds is 7. The van der Waals surface area contributed by atoms with Gasteiger partial charge in [0.05, 0.1) is 6.61 Å². The standard InChI is InChI=1S/C11H25N3O/c12-4-2-1-3-5-13-6-8-14(9-7-13)10-11-15/h15H,1-12H2. The molecule has 0 bridgehead atoms. The van der Waals surface area contributed by atoms with Gasteiger partial charge in [-0.05, 0) is 25.9 Å². The van der Waals surface area contributed by atoms with Crippen molar-refractivity contribution in [3.05, 3.63) is 0 Å². The summed E-state index contributed by atoms with van der Waals surface area (Å²) in [5, 5.41) is 8.82. The van der Waals surface area contributed by atoms with Gasteiger partial charge in [-0.3, -0.25) is 4.90 Å². The molecule has 4 nitrogen and oxygen atoms in total. The summed E-state index contributed by atoms with van der Waals surface area (Å²) in [5.74, 6) is 0. The summed E-state index contributed by atoms with van der Waals surface area (Å²) in [6.45, 7) is 7.69. The van der Waals surface area contributed by atoms with Crippen LogP contribution in [0.5, 0.6) is 0 Å². The van der Waals surface area contributed by atoms with Gasteiger partial charge in [0.2, 0.25) is 0 Å². The minimum absolute atomic E-state index is 0.288. The molecule has 0 radical (unpaired) electrons. The zero-order chi connectivity index (χ0) is 10.9. The maximum absolute atomic E-state index is 8.82. The van der Waals surface area contributed by atoms with E-state index in [1.54, 1.807) is 0 Å². The Bertz CT molecular complexity index is 144. The second-order valence-electron chi connectivity index (χ2n) is 4.26. The van der Waals surface area contributed by atoms with Crippen molar-refractivity contribution in [2.45, 2.75) is 19.3 Å².